The number of carbonyl (C=O) groups excluding carboxylic acids is 1. The fourth-order valence-electron chi connectivity index (χ4n) is 3.62. The van der Waals surface area contributed by atoms with E-state index in [2.05, 4.69) is 10.2 Å². The summed E-state index contributed by atoms with van der Waals surface area (Å²) in [5.74, 6) is 0.165. The van der Waals surface area contributed by atoms with Crippen molar-refractivity contribution in [2.24, 2.45) is 0 Å². The van der Waals surface area contributed by atoms with Crippen molar-refractivity contribution >= 4 is 23.4 Å². The monoisotopic (exact) mass is 460 g/mol. The Balaban J connectivity index is 1.67. The van der Waals surface area contributed by atoms with Crippen molar-refractivity contribution in [2.75, 3.05) is 10.7 Å². The zero-order valence-corrected chi connectivity index (χ0v) is 19.6. The van der Waals surface area contributed by atoms with Gasteiger partial charge in [-0.3, -0.25) is 9.36 Å². The van der Waals surface area contributed by atoms with E-state index < -0.39 is 0 Å². The highest BCUT2D eigenvalue weighted by Gasteiger charge is 2.23. The summed E-state index contributed by atoms with van der Waals surface area (Å²) < 4.78 is 16.4. The van der Waals surface area contributed by atoms with Gasteiger partial charge in [0.2, 0.25) is 5.91 Å². The number of para-hydroxylation sites is 1. The van der Waals surface area contributed by atoms with Crippen LogP contribution < -0.4 is 4.90 Å². The Kier molecular flexibility index (Phi) is 6.89. The Hall–Kier alpha value is -3.45. The number of halogens is 1. The van der Waals surface area contributed by atoms with E-state index in [0.717, 1.165) is 16.9 Å². The molecule has 1 aromatic heterocycles. The average Bonchev–Trinajstić information content (AvgIpc) is 3.23. The number of amides is 1. The van der Waals surface area contributed by atoms with Crippen LogP contribution in [0, 0.1) is 12.7 Å². The van der Waals surface area contributed by atoms with Crippen LogP contribution in [0.3, 0.4) is 0 Å². The smallest absolute Gasteiger partial charge is 0.237 e. The molecule has 0 aliphatic rings. The lowest BCUT2D eigenvalue weighted by atomic mass is 10.2. The van der Waals surface area contributed by atoms with E-state index in [-0.39, 0.29) is 23.5 Å². The molecule has 0 N–H and O–H groups in total. The molecule has 0 saturated carbocycles. The number of thioether (sulfide) groups is 1. The Morgan fingerprint density at radius 1 is 0.970 bits per heavy atom. The standard InChI is InChI=1S/C26H25FN4OS/c1-18(2)30(20-9-5-4-6-10-20)24(32)17-33-26-29-28-25(22-11-7-8-12-23(22)27)31(26)21-15-13-19(3)14-16-21/h4-16,18H,17H2,1-3H3. The van der Waals surface area contributed by atoms with Crippen molar-refractivity contribution < 1.29 is 9.18 Å². The molecule has 168 valence electrons. The van der Waals surface area contributed by atoms with Crippen LogP contribution in [0.15, 0.2) is 84.0 Å². The maximum atomic E-state index is 14.6. The van der Waals surface area contributed by atoms with Gasteiger partial charge in [-0.05, 0) is 57.2 Å². The third kappa shape index (κ3) is 4.98. The van der Waals surface area contributed by atoms with Crippen LogP contribution in [0.2, 0.25) is 0 Å². The Bertz CT molecular complexity index is 1240. The highest BCUT2D eigenvalue weighted by Crippen LogP contribution is 2.30. The number of anilines is 1. The van der Waals surface area contributed by atoms with Gasteiger partial charge in [-0.1, -0.05) is 59.8 Å². The number of carbonyl (C=O) groups is 1. The van der Waals surface area contributed by atoms with Gasteiger partial charge in [0, 0.05) is 17.4 Å². The van der Waals surface area contributed by atoms with Crippen LogP contribution in [-0.2, 0) is 4.79 Å². The summed E-state index contributed by atoms with van der Waals surface area (Å²) in [4.78, 5) is 14.9. The number of aromatic nitrogens is 3. The molecule has 0 atom stereocenters. The summed E-state index contributed by atoms with van der Waals surface area (Å²) in [6.45, 7) is 5.98. The van der Waals surface area contributed by atoms with Crippen LogP contribution >= 0.6 is 11.8 Å². The largest absolute Gasteiger partial charge is 0.309 e. The lowest BCUT2D eigenvalue weighted by Crippen LogP contribution is -2.38. The Morgan fingerprint density at radius 2 is 1.64 bits per heavy atom. The maximum absolute atomic E-state index is 14.6. The minimum Gasteiger partial charge on any atom is -0.309 e. The van der Waals surface area contributed by atoms with Gasteiger partial charge in [0.25, 0.3) is 0 Å². The Morgan fingerprint density at radius 3 is 2.30 bits per heavy atom. The second-order valence-corrected chi connectivity index (χ2v) is 8.88. The maximum Gasteiger partial charge on any atom is 0.237 e. The molecular weight excluding hydrogens is 435 g/mol. The SMILES string of the molecule is Cc1ccc(-n2c(SCC(=O)N(c3ccccc3)C(C)C)nnc2-c2ccccc2F)cc1. The van der Waals surface area contributed by atoms with Gasteiger partial charge in [0.1, 0.15) is 5.82 Å². The summed E-state index contributed by atoms with van der Waals surface area (Å²) >= 11 is 1.29. The van der Waals surface area contributed by atoms with E-state index in [1.54, 1.807) is 27.7 Å². The quantitative estimate of drug-likeness (QED) is 0.322. The summed E-state index contributed by atoms with van der Waals surface area (Å²) in [5.41, 5.74) is 3.13. The summed E-state index contributed by atoms with van der Waals surface area (Å²) in [6, 6.07) is 24.0. The third-order valence-corrected chi connectivity index (χ3v) is 6.10. The molecule has 1 heterocycles. The first-order valence-corrected chi connectivity index (χ1v) is 11.7. The van der Waals surface area contributed by atoms with E-state index in [1.165, 1.54) is 17.8 Å². The van der Waals surface area contributed by atoms with Gasteiger partial charge in [-0.15, -0.1) is 10.2 Å². The van der Waals surface area contributed by atoms with E-state index in [0.29, 0.717) is 16.5 Å². The van der Waals surface area contributed by atoms with Crippen LogP contribution in [-0.4, -0.2) is 32.5 Å². The van der Waals surface area contributed by atoms with Crippen molar-refractivity contribution in [3.63, 3.8) is 0 Å². The second-order valence-electron chi connectivity index (χ2n) is 7.94. The zero-order valence-electron chi connectivity index (χ0n) is 18.8. The van der Waals surface area contributed by atoms with Crippen molar-refractivity contribution in [2.45, 2.75) is 32.0 Å². The molecule has 0 aliphatic carbocycles. The fraction of sp³-hybridized carbons (Fsp3) is 0.192. The molecule has 3 aromatic carbocycles. The van der Waals surface area contributed by atoms with E-state index in [1.807, 2.05) is 75.4 Å². The topological polar surface area (TPSA) is 51.0 Å². The van der Waals surface area contributed by atoms with Crippen molar-refractivity contribution in [1.82, 2.24) is 14.8 Å². The Labute approximate surface area is 197 Å². The highest BCUT2D eigenvalue weighted by atomic mass is 32.2. The number of benzene rings is 3. The summed E-state index contributed by atoms with van der Waals surface area (Å²) in [5, 5.41) is 9.14. The third-order valence-electron chi connectivity index (χ3n) is 5.18. The van der Waals surface area contributed by atoms with Crippen LogP contribution in [0.1, 0.15) is 19.4 Å². The molecular formula is C26H25FN4OS. The minimum atomic E-state index is -0.374. The lowest BCUT2D eigenvalue weighted by Gasteiger charge is -2.26. The molecule has 4 rings (SSSR count). The van der Waals surface area contributed by atoms with E-state index >= 15 is 0 Å². The summed E-state index contributed by atoms with van der Waals surface area (Å²) in [6.07, 6.45) is 0. The molecule has 1 amide bonds. The molecule has 0 unspecified atom stereocenters. The zero-order chi connectivity index (χ0) is 23.4. The molecule has 0 bridgehead atoms. The summed E-state index contributed by atoms with van der Waals surface area (Å²) in [7, 11) is 0. The van der Waals surface area contributed by atoms with Crippen molar-refractivity contribution in [3.8, 4) is 17.1 Å². The molecule has 0 aliphatic heterocycles. The molecule has 5 nitrogen and oxygen atoms in total. The first-order valence-electron chi connectivity index (χ1n) is 10.7. The van der Waals surface area contributed by atoms with Gasteiger partial charge in [-0.25, -0.2) is 4.39 Å². The second kappa shape index (κ2) is 10.0. The molecule has 33 heavy (non-hydrogen) atoms. The first-order chi connectivity index (χ1) is 16.0. The molecule has 0 spiro atoms. The molecule has 0 fully saturated rings. The van der Waals surface area contributed by atoms with Crippen LogP contribution in [0.25, 0.3) is 17.1 Å². The fourth-order valence-corrected chi connectivity index (χ4v) is 4.43. The first kappa shape index (κ1) is 22.7. The van der Waals surface area contributed by atoms with Crippen molar-refractivity contribution in [1.29, 1.82) is 0 Å². The van der Waals surface area contributed by atoms with Gasteiger partial charge in [0.15, 0.2) is 11.0 Å². The molecule has 0 saturated heterocycles. The van der Waals surface area contributed by atoms with Gasteiger partial charge in [0.05, 0.1) is 11.3 Å². The van der Waals surface area contributed by atoms with Crippen LogP contribution in [0.5, 0.6) is 0 Å². The van der Waals surface area contributed by atoms with Crippen LogP contribution in [0.4, 0.5) is 10.1 Å². The predicted octanol–water partition coefficient (Wildman–Crippen LogP) is 5.92. The predicted molar refractivity (Wildman–Crippen MR) is 131 cm³/mol. The van der Waals surface area contributed by atoms with Gasteiger partial charge in [-0.2, -0.15) is 0 Å². The lowest BCUT2D eigenvalue weighted by molar-refractivity contribution is -0.116. The molecule has 7 heteroatoms. The van der Waals surface area contributed by atoms with E-state index in [4.69, 9.17) is 0 Å². The minimum absolute atomic E-state index is 0.00411. The highest BCUT2D eigenvalue weighted by molar-refractivity contribution is 7.99. The molecule has 4 aromatic rings. The normalized spacial score (nSPS) is 11.1. The molecule has 0 radical (unpaired) electrons. The number of hydrogen-bond acceptors (Lipinski definition) is 4. The number of aryl methyl sites for hydroxylation is 1. The van der Waals surface area contributed by atoms with Gasteiger partial charge >= 0.3 is 0 Å². The van der Waals surface area contributed by atoms with E-state index in [9.17, 15) is 9.18 Å². The average molecular weight is 461 g/mol. The number of hydrogen-bond donors (Lipinski definition) is 0. The number of rotatable bonds is 7. The van der Waals surface area contributed by atoms with Gasteiger partial charge < -0.3 is 4.90 Å². The number of nitrogens with zero attached hydrogens (tertiary/aromatic N) is 4. The van der Waals surface area contributed by atoms with Crippen molar-refractivity contribution in [3.05, 3.63) is 90.2 Å².